The van der Waals surface area contributed by atoms with Crippen LogP contribution in [-0.2, 0) is 9.53 Å². The van der Waals surface area contributed by atoms with E-state index in [0.29, 0.717) is 0 Å². The number of hydrogen-bond acceptors (Lipinski definition) is 6. The molecular formula is C10H18N2O7. The van der Waals surface area contributed by atoms with Gasteiger partial charge in [-0.05, 0) is 20.8 Å². The maximum absolute atomic E-state index is 11.4. The standard InChI is InChI=1S/C10H18N2O7/c1-10(2,3)19-9(16)11-7(8(14)15)4-6(13)5-12(17)18/h6-7,13H,4-5H2,1-3H3,(H,11,16)(H,14,15)/t6-,7+/m1/s1. The van der Waals surface area contributed by atoms with E-state index in [0.717, 1.165) is 0 Å². The molecule has 0 aliphatic heterocycles. The summed E-state index contributed by atoms with van der Waals surface area (Å²) in [5.74, 6) is -1.41. The Hall–Kier alpha value is -1.90. The fourth-order valence-electron chi connectivity index (χ4n) is 1.19. The number of nitrogens with zero attached hydrogens (tertiary/aromatic N) is 1. The molecule has 0 fully saturated rings. The third-order valence-electron chi connectivity index (χ3n) is 1.86. The highest BCUT2D eigenvalue weighted by Crippen LogP contribution is 2.08. The lowest BCUT2D eigenvalue weighted by molar-refractivity contribution is -0.490. The van der Waals surface area contributed by atoms with Crippen LogP contribution in [0.1, 0.15) is 27.2 Å². The number of carbonyl (C=O) groups is 2. The second-order valence-corrected chi connectivity index (χ2v) is 4.94. The third-order valence-corrected chi connectivity index (χ3v) is 1.86. The highest BCUT2D eigenvalue weighted by atomic mass is 16.6. The second kappa shape index (κ2) is 6.88. The van der Waals surface area contributed by atoms with Gasteiger partial charge in [-0.3, -0.25) is 10.1 Å². The van der Waals surface area contributed by atoms with Crippen LogP contribution in [0.15, 0.2) is 0 Å². The van der Waals surface area contributed by atoms with E-state index in [9.17, 15) is 24.8 Å². The number of hydrogen-bond donors (Lipinski definition) is 3. The summed E-state index contributed by atoms with van der Waals surface area (Å²) < 4.78 is 4.85. The monoisotopic (exact) mass is 278 g/mol. The van der Waals surface area contributed by atoms with Crippen molar-refractivity contribution >= 4 is 12.1 Å². The smallest absolute Gasteiger partial charge is 0.408 e. The molecular weight excluding hydrogens is 260 g/mol. The molecule has 0 aromatic rings. The number of carboxylic acids is 1. The summed E-state index contributed by atoms with van der Waals surface area (Å²) in [6.07, 6.45) is -2.91. The maximum atomic E-state index is 11.4. The zero-order valence-electron chi connectivity index (χ0n) is 11.0. The van der Waals surface area contributed by atoms with Crippen LogP contribution in [0.5, 0.6) is 0 Å². The molecule has 0 aliphatic carbocycles. The molecule has 0 saturated carbocycles. The molecule has 0 aliphatic rings. The SMILES string of the molecule is CC(C)(C)OC(=O)N[C@@H](C[C@@H](O)C[N+](=O)[O-])C(=O)O. The lowest BCUT2D eigenvalue weighted by atomic mass is 10.1. The Labute approximate surface area is 109 Å². The molecule has 0 bridgehead atoms. The second-order valence-electron chi connectivity index (χ2n) is 4.94. The predicted octanol–water partition coefficient (Wildman–Crippen LogP) is -0.00800. The highest BCUT2D eigenvalue weighted by Gasteiger charge is 2.27. The molecule has 0 aromatic carbocycles. The summed E-state index contributed by atoms with van der Waals surface area (Å²) in [6.45, 7) is 4.01. The Bertz CT molecular complexity index is 350. The number of amides is 1. The number of ether oxygens (including phenoxy) is 1. The van der Waals surface area contributed by atoms with Crippen LogP contribution in [0.4, 0.5) is 4.79 Å². The molecule has 3 N–H and O–H groups in total. The summed E-state index contributed by atoms with van der Waals surface area (Å²) in [7, 11) is 0. The summed E-state index contributed by atoms with van der Waals surface area (Å²) >= 11 is 0. The number of carbonyl (C=O) groups excluding carboxylic acids is 1. The minimum Gasteiger partial charge on any atom is -0.480 e. The van der Waals surface area contributed by atoms with Crippen molar-refractivity contribution in [3.63, 3.8) is 0 Å². The first-order chi connectivity index (χ1) is 8.51. The van der Waals surface area contributed by atoms with Crippen molar-refractivity contribution in [3.8, 4) is 0 Å². The van der Waals surface area contributed by atoms with E-state index in [1.807, 2.05) is 5.32 Å². The van der Waals surface area contributed by atoms with E-state index in [4.69, 9.17) is 9.84 Å². The molecule has 0 rings (SSSR count). The maximum Gasteiger partial charge on any atom is 0.408 e. The normalized spacial score (nSPS) is 14.3. The molecule has 19 heavy (non-hydrogen) atoms. The Kier molecular flexibility index (Phi) is 6.19. The van der Waals surface area contributed by atoms with Gasteiger partial charge in [0.05, 0.1) is 0 Å². The van der Waals surface area contributed by atoms with Gasteiger partial charge in [-0.25, -0.2) is 9.59 Å². The van der Waals surface area contributed by atoms with Crippen LogP contribution in [0.2, 0.25) is 0 Å². The van der Waals surface area contributed by atoms with Crippen LogP contribution in [0, 0.1) is 10.1 Å². The first kappa shape index (κ1) is 17.1. The zero-order valence-corrected chi connectivity index (χ0v) is 11.0. The molecule has 0 unspecified atom stereocenters. The van der Waals surface area contributed by atoms with Crippen LogP contribution < -0.4 is 5.32 Å². The van der Waals surface area contributed by atoms with Gasteiger partial charge in [-0.15, -0.1) is 0 Å². The highest BCUT2D eigenvalue weighted by molar-refractivity contribution is 5.80. The zero-order chi connectivity index (χ0) is 15.2. The lowest BCUT2D eigenvalue weighted by Crippen LogP contribution is -2.45. The molecule has 110 valence electrons. The summed E-state index contributed by atoms with van der Waals surface area (Å²) in [4.78, 5) is 31.6. The van der Waals surface area contributed by atoms with E-state index in [1.54, 1.807) is 20.8 Å². The van der Waals surface area contributed by atoms with Gasteiger partial charge in [0.2, 0.25) is 6.54 Å². The average Bonchev–Trinajstić information content (AvgIpc) is 2.11. The number of aliphatic hydroxyl groups is 1. The Morgan fingerprint density at radius 2 is 1.95 bits per heavy atom. The van der Waals surface area contributed by atoms with Crippen molar-refractivity contribution in [2.24, 2.45) is 0 Å². The van der Waals surface area contributed by atoms with Crippen molar-refractivity contribution < 1.29 is 29.5 Å². The number of carboxylic acid groups (broad SMARTS) is 1. The Balaban J connectivity index is 4.46. The Morgan fingerprint density at radius 1 is 1.42 bits per heavy atom. The predicted molar refractivity (Wildman–Crippen MR) is 63.3 cm³/mol. The van der Waals surface area contributed by atoms with Crippen molar-refractivity contribution in [1.29, 1.82) is 0 Å². The van der Waals surface area contributed by atoms with E-state index in [-0.39, 0.29) is 0 Å². The molecule has 9 nitrogen and oxygen atoms in total. The molecule has 0 saturated heterocycles. The molecule has 0 radical (unpaired) electrons. The van der Waals surface area contributed by atoms with Gasteiger partial charge < -0.3 is 20.3 Å². The van der Waals surface area contributed by atoms with Gasteiger partial charge in [-0.2, -0.15) is 0 Å². The van der Waals surface area contributed by atoms with Crippen LogP contribution in [0.25, 0.3) is 0 Å². The number of aliphatic hydroxyl groups excluding tert-OH is 1. The van der Waals surface area contributed by atoms with Crippen LogP contribution >= 0.6 is 0 Å². The largest absolute Gasteiger partial charge is 0.480 e. The van der Waals surface area contributed by atoms with E-state index >= 15 is 0 Å². The first-order valence-corrected chi connectivity index (χ1v) is 5.53. The quantitative estimate of drug-likeness (QED) is 0.458. The topological polar surface area (TPSA) is 139 Å². The molecule has 2 atom stereocenters. The summed E-state index contributed by atoms with van der Waals surface area (Å²) in [5.41, 5.74) is -0.799. The number of aliphatic carboxylic acids is 1. The fraction of sp³-hybridized carbons (Fsp3) is 0.800. The lowest BCUT2D eigenvalue weighted by Gasteiger charge is -2.22. The van der Waals surface area contributed by atoms with Gasteiger partial charge in [0.15, 0.2) is 0 Å². The molecule has 0 heterocycles. The van der Waals surface area contributed by atoms with Crippen molar-refractivity contribution in [2.45, 2.75) is 44.9 Å². The van der Waals surface area contributed by atoms with Gasteiger partial charge in [-0.1, -0.05) is 0 Å². The van der Waals surface area contributed by atoms with Gasteiger partial charge in [0.25, 0.3) is 0 Å². The molecule has 1 amide bonds. The first-order valence-electron chi connectivity index (χ1n) is 5.53. The number of nitrogens with one attached hydrogen (secondary N) is 1. The summed E-state index contributed by atoms with van der Waals surface area (Å²) in [6, 6.07) is -1.45. The molecule has 9 heteroatoms. The van der Waals surface area contributed by atoms with Crippen molar-refractivity contribution in [3.05, 3.63) is 10.1 Å². The fourth-order valence-corrected chi connectivity index (χ4v) is 1.19. The minimum atomic E-state index is -1.47. The average molecular weight is 278 g/mol. The summed E-state index contributed by atoms with van der Waals surface area (Å²) in [5, 5.41) is 30.3. The van der Waals surface area contributed by atoms with Gasteiger partial charge >= 0.3 is 12.1 Å². The van der Waals surface area contributed by atoms with Crippen molar-refractivity contribution in [2.75, 3.05) is 6.54 Å². The number of nitro groups is 1. The van der Waals surface area contributed by atoms with Gasteiger partial charge in [0.1, 0.15) is 17.7 Å². The minimum absolute atomic E-state index is 0.477. The van der Waals surface area contributed by atoms with E-state index < -0.39 is 47.7 Å². The van der Waals surface area contributed by atoms with E-state index in [1.165, 1.54) is 0 Å². The number of alkyl carbamates (subject to hydrolysis) is 1. The molecule has 0 spiro atoms. The Morgan fingerprint density at radius 3 is 2.32 bits per heavy atom. The van der Waals surface area contributed by atoms with Crippen molar-refractivity contribution in [1.82, 2.24) is 5.32 Å². The number of rotatable bonds is 6. The third kappa shape index (κ3) is 8.77. The van der Waals surface area contributed by atoms with E-state index in [2.05, 4.69) is 0 Å². The van der Waals surface area contributed by atoms with Crippen LogP contribution in [0.3, 0.4) is 0 Å². The molecule has 0 aromatic heterocycles. The van der Waals surface area contributed by atoms with Gasteiger partial charge in [0, 0.05) is 11.3 Å². The van der Waals surface area contributed by atoms with Crippen LogP contribution in [-0.4, -0.2) is 51.5 Å².